The molecule has 0 radical (unpaired) electrons. The maximum Gasteiger partial charge on any atom is 0.264 e. The molecule has 1 amide bonds. The lowest BCUT2D eigenvalue weighted by Crippen LogP contribution is -2.52. The quantitative estimate of drug-likeness (QED) is 0.424. The van der Waals surface area contributed by atoms with Crippen LogP contribution < -0.4 is 23.4 Å². The van der Waals surface area contributed by atoms with Gasteiger partial charge in [0.05, 0.1) is 31.9 Å². The summed E-state index contributed by atoms with van der Waals surface area (Å²) in [6.07, 6.45) is 0. The molecular weight excluding hydrogens is 494 g/mol. The molecule has 3 aromatic carbocycles. The predicted molar refractivity (Wildman–Crippen MR) is 142 cm³/mol. The molecule has 1 heterocycles. The number of ether oxygens (including phenoxy) is 3. The fourth-order valence-electron chi connectivity index (χ4n) is 4.24. The molecule has 0 spiro atoms. The summed E-state index contributed by atoms with van der Waals surface area (Å²) in [5.74, 6) is 1.26. The van der Waals surface area contributed by atoms with E-state index in [1.807, 2.05) is 24.3 Å². The Morgan fingerprint density at radius 3 is 2.03 bits per heavy atom. The monoisotopic (exact) mass is 525 g/mol. The van der Waals surface area contributed by atoms with Crippen LogP contribution in [0.1, 0.15) is 0 Å². The molecule has 9 nitrogen and oxygen atoms in total. The maximum absolute atomic E-state index is 13.7. The zero-order chi connectivity index (χ0) is 26.4. The van der Waals surface area contributed by atoms with E-state index in [-0.39, 0.29) is 23.0 Å². The summed E-state index contributed by atoms with van der Waals surface area (Å²) in [6.45, 7) is 1.83. The van der Waals surface area contributed by atoms with Crippen molar-refractivity contribution in [2.75, 3.05) is 63.3 Å². The first kappa shape index (κ1) is 26.2. The van der Waals surface area contributed by atoms with Crippen LogP contribution in [0.5, 0.6) is 17.2 Å². The number of hydrogen-bond donors (Lipinski definition) is 0. The van der Waals surface area contributed by atoms with E-state index in [0.29, 0.717) is 37.7 Å². The lowest BCUT2D eigenvalue weighted by molar-refractivity contribution is -0.129. The Kier molecular flexibility index (Phi) is 8.08. The van der Waals surface area contributed by atoms with Gasteiger partial charge in [0, 0.05) is 37.9 Å². The summed E-state index contributed by atoms with van der Waals surface area (Å²) in [7, 11) is 0.501. The minimum atomic E-state index is -4.08. The zero-order valence-corrected chi connectivity index (χ0v) is 22.0. The van der Waals surface area contributed by atoms with Gasteiger partial charge in [-0.15, -0.1) is 0 Å². The smallest absolute Gasteiger partial charge is 0.264 e. The highest BCUT2D eigenvalue weighted by atomic mass is 32.2. The van der Waals surface area contributed by atoms with Crippen LogP contribution in [0.25, 0.3) is 0 Å². The molecule has 1 aliphatic heterocycles. The van der Waals surface area contributed by atoms with Crippen LogP contribution in [0.15, 0.2) is 77.7 Å². The fraction of sp³-hybridized carbons (Fsp3) is 0.296. The van der Waals surface area contributed by atoms with Crippen LogP contribution in [0.2, 0.25) is 0 Å². The second kappa shape index (κ2) is 11.4. The number of amides is 1. The van der Waals surface area contributed by atoms with Crippen molar-refractivity contribution in [3.63, 3.8) is 0 Å². The van der Waals surface area contributed by atoms with Crippen LogP contribution in [-0.4, -0.2) is 73.3 Å². The topological polar surface area (TPSA) is 88.6 Å². The van der Waals surface area contributed by atoms with Crippen molar-refractivity contribution in [3.8, 4) is 17.2 Å². The van der Waals surface area contributed by atoms with Crippen LogP contribution in [0, 0.1) is 0 Å². The Hall–Kier alpha value is -3.92. The standard InChI is InChI=1S/C27H31N3O6S/c1-34-22-11-9-21(10-12-22)28-15-17-29(18-16-28)27(31)20-30(37(32,33)24-7-5-4-6-8-24)25-19-23(35-2)13-14-26(25)36-3/h4-14,19H,15-18,20H2,1-3H3. The Morgan fingerprint density at radius 1 is 0.811 bits per heavy atom. The molecule has 196 valence electrons. The summed E-state index contributed by atoms with van der Waals surface area (Å²) in [4.78, 5) is 17.4. The molecule has 37 heavy (non-hydrogen) atoms. The molecule has 0 unspecified atom stereocenters. The van der Waals surface area contributed by atoms with E-state index in [0.717, 1.165) is 15.7 Å². The largest absolute Gasteiger partial charge is 0.497 e. The third kappa shape index (κ3) is 5.75. The number of hydrogen-bond acceptors (Lipinski definition) is 7. The van der Waals surface area contributed by atoms with Crippen molar-refractivity contribution in [3.05, 3.63) is 72.8 Å². The van der Waals surface area contributed by atoms with Gasteiger partial charge in [0.2, 0.25) is 5.91 Å². The van der Waals surface area contributed by atoms with Gasteiger partial charge < -0.3 is 24.0 Å². The first-order valence-electron chi connectivity index (χ1n) is 11.8. The van der Waals surface area contributed by atoms with Crippen LogP contribution >= 0.6 is 0 Å². The van der Waals surface area contributed by atoms with Crippen molar-refractivity contribution in [1.29, 1.82) is 0 Å². The molecular formula is C27H31N3O6S. The van der Waals surface area contributed by atoms with Gasteiger partial charge in [0.25, 0.3) is 10.0 Å². The molecule has 1 saturated heterocycles. The van der Waals surface area contributed by atoms with Crippen LogP contribution in [0.4, 0.5) is 11.4 Å². The summed E-state index contributed by atoms with van der Waals surface area (Å²) >= 11 is 0. The third-order valence-corrected chi connectivity index (χ3v) is 8.11. The minimum Gasteiger partial charge on any atom is -0.497 e. The number of anilines is 2. The van der Waals surface area contributed by atoms with Gasteiger partial charge in [0.15, 0.2) is 0 Å². The zero-order valence-electron chi connectivity index (χ0n) is 21.2. The second-order valence-electron chi connectivity index (χ2n) is 8.43. The second-order valence-corrected chi connectivity index (χ2v) is 10.3. The van der Waals surface area contributed by atoms with E-state index < -0.39 is 10.0 Å². The highest BCUT2D eigenvalue weighted by Crippen LogP contribution is 2.35. The molecule has 0 aromatic heterocycles. The lowest BCUT2D eigenvalue weighted by Gasteiger charge is -2.37. The SMILES string of the molecule is COc1ccc(N2CCN(C(=O)CN(c3cc(OC)ccc3OC)S(=O)(=O)c3ccccc3)CC2)cc1. The van der Waals surface area contributed by atoms with Gasteiger partial charge in [0.1, 0.15) is 23.8 Å². The summed E-state index contributed by atoms with van der Waals surface area (Å²) in [5.41, 5.74) is 1.28. The van der Waals surface area contributed by atoms with E-state index in [1.54, 1.807) is 48.4 Å². The highest BCUT2D eigenvalue weighted by Gasteiger charge is 2.32. The third-order valence-electron chi connectivity index (χ3n) is 6.33. The highest BCUT2D eigenvalue weighted by molar-refractivity contribution is 7.92. The predicted octanol–water partition coefficient (Wildman–Crippen LogP) is 3.26. The average molecular weight is 526 g/mol. The molecule has 10 heteroatoms. The van der Waals surface area contributed by atoms with Crippen LogP contribution in [-0.2, 0) is 14.8 Å². The van der Waals surface area contributed by atoms with Gasteiger partial charge in [-0.1, -0.05) is 18.2 Å². The molecule has 0 bridgehead atoms. The van der Waals surface area contributed by atoms with E-state index in [4.69, 9.17) is 14.2 Å². The van der Waals surface area contributed by atoms with Crippen molar-refractivity contribution in [1.82, 2.24) is 4.90 Å². The summed E-state index contributed by atoms with van der Waals surface area (Å²) < 4.78 is 44.6. The molecule has 1 aliphatic rings. The average Bonchev–Trinajstić information content (AvgIpc) is 2.96. The van der Waals surface area contributed by atoms with Crippen molar-refractivity contribution in [2.24, 2.45) is 0 Å². The Labute approximate surface area is 217 Å². The number of carbonyl (C=O) groups excluding carboxylic acids is 1. The summed E-state index contributed by atoms with van der Waals surface area (Å²) in [5, 5.41) is 0. The molecule has 1 fully saturated rings. The van der Waals surface area contributed by atoms with E-state index in [9.17, 15) is 13.2 Å². The first-order chi connectivity index (χ1) is 17.9. The summed E-state index contributed by atoms with van der Waals surface area (Å²) in [6, 6.07) is 20.7. The minimum absolute atomic E-state index is 0.0806. The van der Waals surface area contributed by atoms with Crippen molar-refractivity contribution < 1.29 is 27.4 Å². The van der Waals surface area contributed by atoms with E-state index in [2.05, 4.69) is 4.90 Å². The van der Waals surface area contributed by atoms with Crippen molar-refractivity contribution in [2.45, 2.75) is 4.90 Å². The van der Waals surface area contributed by atoms with Gasteiger partial charge in [-0.05, 0) is 48.5 Å². The molecule has 0 saturated carbocycles. The Bertz CT molecular complexity index is 1310. The first-order valence-corrected chi connectivity index (χ1v) is 13.3. The molecule has 0 atom stereocenters. The van der Waals surface area contributed by atoms with Crippen molar-refractivity contribution >= 4 is 27.3 Å². The number of piperazine rings is 1. The van der Waals surface area contributed by atoms with Crippen LogP contribution in [0.3, 0.4) is 0 Å². The van der Waals surface area contributed by atoms with Gasteiger partial charge in [-0.3, -0.25) is 9.10 Å². The number of sulfonamides is 1. The number of benzene rings is 3. The number of carbonyl (C=O) groups is 1. The number of methoxy groups -OCH3 is 3. The molecule has 0 N–H and O–H groups in total. The van der Waals surface area contributed by atoms with E-state index in [1.165, 1.54) is 26.4 Å². The number of rotatable bonds is 9. The maximum atomic E-state index is 13.7. The Balaban J connectivity index is 1.57. The van der Waals surface area contributed by atoms with E-state index >= 15 is 0 Å². The van der Waals surface area contributed by atoms with Gasteiger partial charge in [-0.25, -0.2) is 8.42 Å². The fourth-order valence-corrected chi connectivity index (χ4v) is 5.68. The number of nitrogens with zero attached hydrogens (tertiary/aromatic N) is 3. The molecule has 3 aromatic rings. The molecule has 0 aliphatic carbocycles. The molecule has 4 rings (SSSR count). The van der Waals surface area contributed by atoms with Gasteiger partial charge >= 0.3 is 0 Å². The lowest BCUT2D eigenvalue weighted by atomic mass is 10.2. The Morgan fingerprint density at radius 2 is 1.43 bits per heavy atom. The van der Waals surface area contributed by atoms with Gasteiger partial charge in [-0.2, -0.15) is 0 Å². The normalized spacial score (nSPS) is 13.7.